The maximum atomic E-state index is 6.01. The number of imidazole rings is 1. The molecule has 128 valence electrons. The van der Waals surface area contributed by atoms with E-state index in [9.17, 15) is 0 Å². The van der Waals surface area contributed by atoms with E-state index in [1.807, 2.05) is 60.8 Å². The van der Waals surface area contributed by atoms with Crippen molar-refractivity contribution < 1.29 is 9.15 Å². The van der Waals surface area contributed by atoms with Crippen LogP contribution in [0.2, 0.25) is 0 Å². The largest absolute Gasteiger partial charge is 0.488 e. The summed E-state index contributed by atoms with van der Waals surface area (Å²) in [5, 5.41) is 5.25. The highest BCUT2D eigenvalue weighted by Gasteiger charge is 2.15. The quantitative estimate of drug-likeness (QED) is 0.378. The van der Waals surface area contributed by atoms with Gasteiger partial charge in [0.25, 0.3) is 0 Å². The van der Waals surface area contributed by atoms with E-state index in [-0.39, 0.29) is 0 Å². The normalized spacial score (nSPS) is 11.4. The Balaban J connectivity index is 1.49. The molecule has 5 nitrogen and oxygen atoms in total. The van der Waals surface area contributed by atoms with Gasteiger partial charge in [0.15, 0.2) is 9.68 Å². The van der Waals surface area contributed by atoms with Crippen molar-refractivity contribution >= 4 is 43.2 Å². The first-order valence-electron chi connectivity index (χ1n) is 7.98. The highest BCUT2D eigenvalue weighted by atomic mass is 79.9. The fourth-order valence-corrected chi connectivity index (χ4v) is 4.03. The summed E-state index contributed by atoms with van der Waals surface area (Å²) in [5.41, 5.74) is 2.65. The Labute approximate surface area is 161 Å². The van der Waals surface area contributed by atoms with Gasteiger partial charge >= 0.3 is 0 Å². The number of aromatic nitrogens is 3. The van der Waals surface area contributed by atoms with E-state index in [1.165, 1.54) is 11.3 Å². The van der Waals surface area contributed by atoms with Gasteiger partial charge in [-0.3, -0.25) is 0 Å². The molecular formula is C19H12BrN3O2S. The summed E-state index contributed by atoms with van der Waals surface area (Å²) in [5.74, 6) is 1.49. The van der Waals surface area contributed by atoms with Crippen molar-refractivity contribution in [3.05, 3.63) is 70.3 Å². The molecular weight excluding hydrogens is 414 g/mol. The van der Waals surface area contributed by atoms with Gasteiger partial charge in [-0.2, -0.15) is 0 Å². The van der Waals surface area contributed by atoms with E-state index in [0.717, 1.165) is 36.9 Å². The Morgan fingerprint density at radius 1 is 1.12 bits per heavy atom. The average molecular weight is 426 g/mol. The number of halogens is 1. The summed E-state index contributed by atoms with van der Waals surface area (Å²) in [4.78, 5) is 5.39. The van der Waals surface area contributed by atoms with Gasteiger partial charge in [0, 0.05) is 0 Å². The molecule has 5 rings (SSSR count). The number of ether oxygens (including phenoxy) is 1. The van der Waals surface area contributed by atoms with E-state index in [2.05, 4.69) is 26.0 Å². The summed E-state index contributed by atoms with van der Waals surface area (Å²) in [7, 11) is 0. The summed E-state index contributed by atoms with van der Waals surface area (Å²) >= 11 is 4.84. The Hall–Kier alpha value is -2.64. The van der Waals surface area contributed by atoms with Gasteiger partial charge in [0.1, 0.15) is 23.6 Å². The molecule has 0 fully saturated rings. The van der Waals surface area contributed by atoms with Crippen molar-refractivity contribution in [1.82, 2.24) is 14.6 Å². The number of furan rings is 1. The molecule has 0 unspecified atom stereocenters. The molecule has 0 aliphatic heterocycles. The van der Waals surface area contributed by atoms with Crippen LogP contribution in [-0.2, 0) is 6.61 Å². The Kier molecular flexibility index (Phi) is 3.76. The van der Waals surface area contributed by atoms with E-state index in [4.69, 9.17) is 9.15 Å². The molecule has 3 aromatic heterocycles. The number of hydrogen-bond acceptors (Lipinski definition) is 5. The number of benzene rings is 2. The second kappa shape index (κ2) is 6.26. The van der Waals surface area contributed by atoms with E-state index >= 15 is 0 Å². The highest BCUT2D eigenvalue weighted by Crippen LogP contribution is 2.34. The molecule has 0 atom stereocenters. The maximum absolute atomic E-state index is 6.01. The summed E-state index contributed by atoms with van der Waals surface area (Å²) in [6.07, 6.45) is 1.86. The predicted molar refractivity (Wildman–Crippen MR) is 105 cm³/mol. The molecule has 0 aliphatic carbocycles. The molecule has 7 heteroatoms. The van der Waals surface area contributed by atoms with Crippen molar-refractivity contribution in [2.24, 2.45) is 0 Å². The fourth-order valence-electron chi connectivity index (χ4n) is 2.82. The van der Waals surface area contributed by atoms with E-state index in [0.29, 0.717) is 12.4 Å². The van der Waals surface area contributed by atoms with Crippen LogP contribution in [0.15, 0.2) is 69.1 Å². The Morgan fingerprint density at radius 2 is 2.00 bits per heavy atom. The van der Waals surface area contributed by atoms with Crippen LogP contribution in [0.5, 0.6) is 5.75 Å². The van der Waals surface area contributed by atoms with Gasteiger partial charge in [-0.25, -0.2) is 9.50 Å². The molecule has 0 N–H and O–H groups in total. The molecule has 26 heavy (non-hydrogen) atoms. The van der Waals surface area contributed by atoms with Crippen LogP contribution in [0.3, 0.4) is 0 Å². The fraction of sp³-hybridized carbons (Fsp3) is 0.0526. The second-order valence-corrected chi connectivity index (χ2v) is 7.99. The molecule has 0 radical (unpaired) electrons. The first kappa shape index (κ1) is 15.6. The molecule has 3 heterocycles. The van der Waals surface area contributed by atoms with Crippen molar-refractivity contribution in [2.75, 3.05) is 0 Å². The van der Waals surface area contributed by atoms with Gasteiger partial charge < -0.3 is 9.15 Å². The summed E-state index contributed by atoms with van der Waals surface area (Å²) in [6.45, 7) is 0.513. The lowest BCUT2D eigenvalue weighted by molar-refractivity contribution is 0.310. The molecule has 0 spiro atoms. The van der Waals surface area contributed by atoms with Crippen LogP contribution >= 0.6 is 27.3 Å². The zero-order valence-corrected chi connectivity index (χ0v) is 15.8. The number of hydrogen-bond donors (Lipinski definition) is 0. The minimum atomic E-state index is 0.513. The van der Waals surface area contributed by atoms with Crippen molar-refractivity contribution in [2.45, 2.75) is 6.61 Å². The van der Waals surface area contributed by atoms with E-state index in [1.54, 1.807) is 4.52 Å². The zero-order chi connectivity index (χ0) is 17.5. The van der Waals surface area contributed by atoms with Crippen LogP contribution in [0, 0.1) is 0 Å². The number of rotatable bonds is 4. The monoisotopic (exact) mass is 425 g/mol. The highest BCUT2D eigenvalue weighted by molar-refractivity contribution is 9.11. The standard InChI is InChI=1S/C19H12BrN3O2S/c20-18-22-23-10-14(21-19(23)26-18)17-9-13-15(7-4-8-16(13)25-17)24-11-12-5-2-1-3-6-12/h1-10H,11H2. The van der Waals surface area contributed by atoms with Crippen LogP contribution in [0.25, 0.3) is 27.4 Å². The molecule has 2 aromatic carbocycles. The third-order valence-corrected chi connectivity index (χ3v) is 5.38. The topological polar surface area (TPSA) is 52.6 Å². The molecule has 0 saturated heterocycles. The Morgan fingerprint density at radius 3 is 2.85 bits per heavy atom. The maximum Gasteiger partial charge on any atom is 0.213 e. The third kappa shape index (κ3) is 2.79. The molecule has 0 saturated carbocycles. The first-order chi connectivity index (χ1) is 12.8. The molecule has 0 bridgehead atoms. The zero-order valence-electron chi connectivity index (χ0n) is 13.4. The van der Waals surface area contributed by atoms with Crippen LogP contribution < -0.4 is 4.74 Å². The lowest BCUT2D eigenvalue weighted by Crippen LogP contribution is -1.94. The summed E-state index contributed by atoms with van der Waals surface area (Å²) in [6, 6.07) is 17.9. The van der Waals surface area contributed by atoms with Gasteiger partial charge in [0.2, 0.25) is 4.96 Å². The van der Waals surface area contributed by atoms with Crippen molar-refractivity contribution in [3.8, 4) is 17.2 Å². The molecule has 5 aromatic rings. The second-order valence-electron chi connectivity index (χ2n) is 5.76. The van der Waals surface area contributed by atoms with Gasteiger partial charge in [-0.05, 0) is 39.7 Å². The van der Waals surface area contributed by atoms with Crippen molar-refractivity contribution in [1.29, 1.82) is 0 Å². The first-order valence-corrected chi connectivity index (χ1v) is 9.58. The number of nitrogens with zero attached hydrogens (tertiary/aromatic N) is 3. The molecule has 0 amide bonds. The Bertz CT molecular complexity index is 1180. The van der Waals surface area contributed by atoms with Crippen molar-refractivity contribution in [3.63, 3.8) is 0 Å². The average Bonchev–Trinajstić information content (AvgIpc) is 3.32. The third-order valence-electron chi connectivity index (χ3n) is 4.03. The smallest absolute Gasteiger partial charge is 0.213 e. The minimum absolute atomic E-state index is 0.513. The van der Waals surface area contributed by atoms with Gasteiger partial charge in [-0.1, -0.05) is 47.7 Å². The number of fused-ring (bicyclic) bond motifs is 2. The van der Waals surface area contributed by atoms with Gasteiger partial charge in [0.05, 0.1) is 11.6 Å². The lowest BCUT2D eigenvalue weighted by Gasteiger charge is -2.06. The SMILES string of the molecule is Brc1nn2cc(-c3cc4c(OCc5ccccc5)cccc4o3)nc2s1. The molecule has 0 aliphatic rings. The van der Waals surface area contributed by atoms with Gasteiger partial charge in [-0.15, -0.1) is 5.10 Å². The van der Waals surface area contributed by atoms with Crippen LogP contribution in [0.4, 0.5) is 0 Å². The van der Waals surface area contributed by atoms with Crippen LogP contribution in [0.1, 0.15) is 5.56 Å². The summed E-state index contributed by atoms with van der Waals surface area (Å²) < 4.78 is 14.5. The predicted octanol–water partition coefficient (Wildman–Crippen LogP) is 5.55. The lowest BCUT2D eigenvalue weighted by atomic mass is 10.2. The van der Waals surface area contributed by atoms with E-state index < -0.39 is 0 Å². The van der Waals surface area contributed by atoms with Crippen LogP contribution in [-0.4, -0.2) is 14.6 Å². The minimum Gasteiger partial charge on any atom is -0.488 e.